The molecule has 0 aliphatic carbocycles. The molecule has 29 heavy (non-hydrogen) atoms. The van der Waals surface area contributed by atoms with Crippen molar-refractivity contribution >= 4 is 47.0 Å². The van der Waals surface area contributed by atoms with Crippen molar-refractivity contribution in [3.05, 3.63) is 51.5 Å². The average Bonchev–Trinajstić information content (AvgIpc) is 3.13. The van der Waals surface area contributed by atoms with E-state index in [2.05, 4.69) is 51.4 Å². The number of piperazine rings is 1. The molecule has 0 atom stereocenters. The molecule has 5 nitrogen and oxygen atoms in total. The topological polar surface area (TPSA) is 42.9 Å². The second-order valence-corrected chi connectivity index (χ2v) is 8.37. The molecule has 1 aromatic carbocycles. The van der Waals surface area contributed by atoms with E-state index >= 15 is 0 Å². The van der Waals surface area contributed by atoms with E-state index in [-0.39, 0.29) is 29.8 Å². The number of aryl methyl sites for hydroxylation is 1. The second-order valence-electron chi connectivity index (χ2n) is 7.00. The fourth-order valence-electron chi connectivity index (χ4n) is 3.38. The van der Waals surface area contributed by atoms with E-state index in [0.29, 0.717) is 18.2 Å². The summed E-state index contributed by atoms with van der Waals surface area (Å²) in [5.41, 5.74) is 1.61. The van der Waals surface area contributed by atoms with Gasteiger partial charge in [0, 0.05) is 49.5 Å². The molecule has 0 radical (unpaired) electrons. The minimum atomic E-state index is -0.152. The Kier molecular flexibility index (Phi) is 9.64. The molecule has 1 aliphatic heterocycles. The lowest BCUT2D eigenvalue weighted by Crippen LogP contribution is -2.46. The summed E-state index contributed by atoms with van der Waals surface area (Å²) in [7, 11) is 1.74. The molecule has 0 saturated carbocycles. The lowest BCUT2D eigenvalue weighted by Gasteiger charge is -2.35. The van der Waals surface area contributed by atoms with E-state index in [0.717, 1.165) is 44.8 Å². The number of nitrogens with one attached hydrogen (secondary N) is 2. The predicted molar refractivity (Wildman–Crippen MR) is 132 cm³/mol. The third-order valence-electron chi connectivity index (χ3n) is 5.08. The molecule has 1 fully saturated rings. The Balaban J connectivity index is 0.00000300. The Bertz CT molecular complexity index is 802. The van der Waals surface area contributed by atoms with E-state index in [4.69, 9.17) is 0 Å². The minimum Gasteiger partial charge on any atom is -0.367 e. The molecule has 2 N–H and O–H groups in total. The average molecular weight is 531 g/mol. The van der Waals surface area contributed by atoms with Crippen LogP contribution in [0.15, 0.2) is 35.3 Å². The van der Waals surface area contributed by atoms with E-state index in [1.54, 1.807) is 24.5 Å². The Hall–Kier alpha value is -1.39. The highest BCUT2D eigenvalue weighted by Crippen LogP contribution is 2.22. The maximum atomic E-state index is 14.7. The number of thiophene rings is 1. The summed E-state index contributed by atoms with van der Waals surface area (Å²) in [6, 6.07) is 9.76. The van der Waals surface area contributed by atoms with Crippen LogP contribution in [-0.2, 0) is 13.1 Å². The standard InChI is InChI=1S/C21H30FN5S.HI/c1-4-26-9-11-27(12-10-26)20-8-6-17(13-19(20)22)14-24-21(23-3)25-15-18-7-5-16(2)28-18;/h5-8,13H,4,9-12,14-15H2,1-3H3,(H2,23,24,25);1H. The number of halogens is 2. The first-order valence-corrected chi connectivity index (χ1v) is 10.7. The SMILES string of the molecule is CCN1CCN(c2ccc(CNC(=NC)NCc3ccc(C)s3)cc2F)CC1.I. The number of nitrogens with zero attached hydrogens (tertiary/aromatic N) is 3. The number of anilines is 1. The highest BCUT2D eigenvalue weighted by atomic mass is 127. The molecule has 3 rings (SSSR count). The quantitative estimate of drug-likeness (QED) is 0.338. The van der Waals surface area contributed by atoms with Gasteiger partial charge in [-0.2, -0.15) is 0 Å². The minimum absolute atomic E-state index is 0. The van der Waals surface area contributed by atoms with Gasteiger partial charge in [-0.15, -0.1) is 35.3 Å². The number of aliphatic imine (C=N–C) groups is 1. The van der Waals surface area contributed by atoms with Crippen LogP contribution in [0.4, 0.5) is 10.1 Å². The zero-order valence-corrected chi connectivity index (χ0v) is 20.5. The predicted octanol–water partition coefficient (Wildman–Crippen LogP) is 3.82. The highest BCUT2D eigenvalue weighted by molar-refractivity contribution is 14.0. The van der Waals surface area contributed by atoms with Gasteiger partial charge in [-0.3, -0.25) is 4.99 Å². The van der Waals surface area contributed by atoms with Gasteiger partial charge in [0.05, 0.1) is 12.2 Å². The van der Waals surface area contributed by atoms with Crippen LogP contribution in [0.5, 0.6) is 0 Å². The number of guanidine groups is 1. The first-order chi connectivity index (χ1) is 13.6. The Morgan fingerprint density at radius 2 is 1.83 bits per heavy atom. The fourth-order valence-corrected chi connectivity index (χ4v) is 4.21. The zero-order valence-electron chi connectivity index (χ0n) is 17.4. The van der Waals surface area contributed by atoms with Crippen LogP contribution in [0.1, 0.15) is 22.2 Å². The van der Waals surface area contributed by atoms with Crippen molar-refractivity contribution in [1.29, 1.82) is 0 Å². The lowest BCUT2D eigenvalue weighted by atomic mass is 10.1. The van der Waals surface area contributed by atoms with Crippen LogP contribution in [-0.4, -0.2) is 50.6 Å². The number of hydrogen-bond acceptors (Lipinski definition) is 4. The Morgan fingerprint density at radius 1 is 1.10 bits per heavy atom. The largest absolute Gasteiger partial charge is 0.367 e. The smallest absolute Gasteiger partial charge is 0.191 e. The molecular weight excluding hydrogens is 500 g/mol. The number of rotatable bonds is 6. The maximum absolute atomic E-state index is 14.7. The van der Waals surface area contributed by atoms with Gasteiger partial charge < -0.3 is 20.4 Å². The van der Waals surface area contributed by atoms with Crippen molar-refractivity contribution in [2.45, 2.75) is 26.9 Å². The van der Waals surface area contributed by atoms with E-state index in [9.17, 15) is 4.39 Å². The Morgan fingerprint density at radius 3 is 2.41 bits per heavy atom. The van der Waals surface area contributed by atoms with Crippen LogP contribution in [0.3, 0.4) is 0 Å². The third kappa shape index (κ3) is 6.82. The number of likely N-dealkylation sites (N-methyl/N-ethyl adjacent to an activating group) is 1. The van der Waals surface area contributed by atoms with Gasteiger partial charge in [0.25, 0.3) is 0 Å². The van der Waals surface area contributed by atoms with Gasteiger partial charge in [-0.05, 0) is 43.3 Å². The van der Waals surface area contributed by atoms with E-state index in [1.165, 1.54) is 9.75 Å². The van der Waals surface area contributed by atoms with Crippen LogP contribution >= 0.6 is 35.3 Å². The second kappa shape index (κ2) is 11.7. The molecule has 1 saturated heterocycles. The molecule has 1 aliphatic rings. The van der Waals surface area contributed by atoms with Crippen molar-refractivity contribution in [1.82, 2.24) is 15.5 Å². The maximum Gasteiger partial charge on any atom is 0.191 e. The summed E-state index contributed by atoms with van der Waals surface area (Å²) in [6.07, 6.45) is 0. The highest BCUT2D eigenvalue weighted by Gasteiger charge is 2.18. The molecule has 0 amide bonds. The van der Waals surface area contributed by atoms with E-state index in [1.807, 2.05) is 12.1 Å². The lowest BCUT2D eigenvalue weighted by molar-refractivity contribution is 0.270. The molecular formula is C21H31FIN5S. The summed E-state index contributed by atoms with van der Waals surface area (Å²) >= 11 is 1.77. The van der Waals surface area contributed by atoms with Crippen LogP contribution in [0, 0.1) is 12.7 Å². The van der Waals surface area contributed by atoms with Gasteiger partial charge in [-0.25, -0.2) is 4.39 Å². The summed E-state index contributed by atoms with van der Waals surface area (Å²) in [4.78, 5) is 11.3. The third-order valence-corrected chi connectivity index (χ3v) is 6.08. The van der Waals surface area contributed by atoms with Crippen molar-refractivity contribution in [2.75, 3.05) is 44.7 Å². The first-order valence-electron chi connectivity index (χ1n) is 9.84. The first kappa shape index (κ1) is 23.9. The molecule has 0 spiro atoms. The van der Waals surface area contributed by atoms with Crippen LogP contribution in [0.25, 0.3) is 0 Å². The molecule has 160 valence electrons. The van der Waals surface area contributed by atoms with Gasteiger partial charge in [0.1, 0.15) is 5.82 Å². The molecule has 2 aromatic rings. The van der Waals surface area contributed by atoms with Crippen molar-refractivity contribution in [3.8, 4) is 0 Å². The zero-order chi connectivity index (χ0) is 19.9. The van der Waals surface area contributed by atoms with Crippen LogP contribution in [0.2, 0.25) is 0 Å². The molecule has 0 bridgehead atoms. The summed E-state index contributed by atoms with van der Waals surface area (Å²) in [5, 5.41) is 6.56. The molecule has 2 heterocycles. The Labute approximate surface area is 194 Å². The van der Waals surface area contributed by atoms with Crippen LogP contribution < -0.4 is 15.5 Å². The normalized spacial score (nSPS) is 15.2. The monoisotopic (exact) mass is 531 g/mol. The number of hydrogen-bond donors (Lipinski definition) is 2. The van der Waals surface area contributed by atoms with Gasteiger partial charge >= 0.3 is 0 Å². The number of benzene rings is 1. The summed E-state index contributed by atoms with van der Waals surface area (Å²) < 4.78 is 14.7. The molecule has 1 aromatic heterocycles. The van der Waals surface area contributed by atoms with Gasteiger partial charge in [-0.1, -0.05) is 13.0 Å². The molecule has 0 unspecified atom stereocenters. The summed E-state index contributed by atoms with van der Waals surface area (Å²) in [6.45, 7) is 10.3. The van der Waals surface area contributed by atoms with E-state index < -0.39 is 0 Å². The summed E-state index contributed by atoms with van der Waals surface area (Å²) in [5.74, 6) is 0.562. The van der Waals surface area contributed by atoms with Gasteiger partial charge in [0.15, 0.2) is 5.96 Å². The van der Waals surface area contributed by atoms with Crippen molar-refractivity contribution < 1.29 is 4.39 Å². The fraction of sp³-hybridized carbons (Fsp3) is 0.476. The molecule has 8 heteroatoms. The van der Waals surface area contributed by atoms with Crippen molar-refractivity contribution in [2.24, 2.45) is 4.99 Å². The van der Waals surface area contributed by atoms with Crippen molar-refractivity contribution in [3.63, 3.8) is 0 Å². The van der Waals surface area contributed by atoms with Gasteiger partial charge in [0.2, 0.25) is 0 Å².